The summed E-state index contributed by atoms with van der Waals surface area (Å²) in [5, 5.41) is 17.1. The van der Waals surface area contributed by atoms with Crippen LogP contribution in [0.5, 0.6) is 0 Å². The van der Waals surface area contributed by atoms with Gasteiger partial charge in [0.25, 0.3) is 5.91 Å². The van der Waals surface area contributed by atoms with Gasteiger partial charge in [-0.1, -0.05) is 23.2 Å². The molecule has 2 N–H and O–H groups in total. The van der Waals surface area contributed by atoms with Crippen molar-refractivity contribution in [1.82, 2.24) is 20.1 Å². The first-order valence-electron chi connectivity index (χ1n) is 5.72. The molecule has 6 nitrogen and oxygen atoms in total. The third-order valence-electron chi connectivity index (χ3n) is 2.67. The monoisotopic (exact) mass is 314 g/mol. The quantitative estimate of drug-likeness (QED) is 0.895. The van der Waals surface area contributed by atoms with Crippen molar-refractivity contribution >= 4 is 29.1 Å². The number of benzene rings is 1. The summed E-state index contributed by atoms with van der Waals surface area (Å²) in [5.74, 6) is 0.0148. The van der Waals surface area contributed by atoms with Crippen molar-refractivity contribution in [3.8, 4) is 0 Å². The molecule has 0 saturated carbocycles. The van der Waals surface area contributed by atoms with Gasteiger partial charge in [0.15, 0.2) is 6.10 Å². The first-order valence-corrected chi connectivity index (χ1v) is 6.47. The van der Waals surface area contributed by atoms with Crippen molar-refractivity contribution in [2.24, 2.45) is 7.05 Å². The zero-order chi connectivity index (χ0) is 14.7. The lowest BCUT2D eigenvalue weighted by molar-refractivity contribution is -0.129. The standard InChI is InChI=1S/C12H12Cl2N4O2/c1-18-10(16-6-17-18)5-15-12(20)11(19)7-2-8(13)4-9(14)3-7/h2-4,6,11,19H,5H2,1H3,(H,15,20). The van der Waals surface area contributed by atoms with E-state index in [0.717, 1.165) is 0 Å². The Balaban J connectivity index is 2.03. The van der Waals surface area contributed by atoms with E-state index in [0.29, 0.717) is 21.4 Å². The lowest BCUT2D eigenvalue weighted by Crippen LogP contribution is -2.29. The van der Waals surface area contributed by atoms with E-state index >= 15 is 0 Å². The average molecular weight is 315 g/mol. The second-order valence-corrected chi connectivity index (χ2v) is 5.00. The number of rotatable bonds is 4. The van der Waals surface area contributed by atoms with E-state index in [2.05, 4.69) is 15.4 Å². The summed E-state index contributed by atoms with van der Waals surface area (Å²) in [5.41, 5.74) is 0.331. The second-order valence-electron chi connectivity index (χ2n) is 4.12. The molecular weight excluding hydrogens is 303 g/mol. The van der Waals surface area contributed by atoms with Gasteiger partial charge in [-0.3, -0.25) is 9.48 Å². The van der Waals surface area contributed by atoms with Crippen LogP contribution in [-0.2, 0) is 18.4 Å². The van der Waals surface area contributed by atoms with E-state index in [-0.39, 0.29) is 6.54 Å². The van der Waals surface area contributed by atoms with Crippen molar-refractivity contribution < 1.29 is 9.90 Å². The summed E-state index contributed by atoms with van der Waals surface area (Å²) in [7, 11) is 1.71. The van der Waals surface area contributed by atoms with Gasteiger partial charge in [0.2, 0.25) is 0 Å². The maximum Gasteiger partial charge on any atom is 0.253 e. The molecule has 1 heterocycles. The predicted molar refractivity (Wildman–Crippen MR) is 74.3 cm³/mol. The van der Waals surface area contributed by atoms with Gasteiger partial charge in [0.05, 0.1) is 6.54 Å². The average Bonchev–Trinajstić information content (AvgIpc) is 2.79. The number of nitrogens with zero attached hydrogens (tertiary/aromatic N) is 3. The lowest BCUT2D eigenvalue weighted by atomic mass is 10.1. The Morgan fingerprint density at radius 3 is 2.60 bits per heavy atom. The lowest BCUT2D eigenvalue weighted by Gasteiger charge is -2.12. The maximum absolute atomic E-state index is 11.9. The van der Waals surface area contributed by atoms with Crippen molar-refractivity contribution in [3.63, 3.8) is 0 Å². The fourth-order valence-corrected chi connectivity index (χ4v) is 2.17. The van der Waals surface area contributed by atoms with E-state index in [9.17, 15) is 9.90 Å². The van der Waals surface area contributed by atoms with Crippen LogP contribution in [0.1, 0.15) is 17.5 Å². The van der Waals surface area contributed by atoms with Crippen LogP contribution in [0.3, 0.4) is 0 Å². The molecule has 2 aromatic rings. The van der Waals surface area contributed by atoms with E-state index in [1.54, 1.807) is 7.05 Å². The second kappa shape index (κ2) is 6.21. The van der Waals surface area contributed by atoms with E-state index in [4.69, 9.17) is 23.2 Å². The fraction of sp³-hybridized carbons (Fsp3) is 0.250. The van der Waals surface area contributed by atoms with Crippen molar-refractivity contribution in [2.75, 3.05) is 0 Å². The minimum Gasteiger partial charge on any atom is -0.378 e. The molecule has 0 aliphatic heterocycles. The SMILES string of the molecule is Cn1ncnc1CNC(=O)C(O)c1cc(Cl)cc(Cl)c1. The maximum atomic E-state index is 11.9. The predicted octanol–water partition coefficient (Wildman–Crippen LogP) is 1.47. The smallest absolute Gasteiger partial charge is 0.253 e. The number of hydrogen-bond acceptors (Lipinski definition) is 4. The number of carbonyl (C=O) groups excluding carboxylic acids is 1. The molecule has 1 atom stereocenters. The molecule has 1 aromatic heterocycles. The molecule has 2 rings (SSSR count). The molecule has 0 bridgehead atoms. The molecule has 1 aromatic carbocycles. The van der Waals surface area contributed by atoms with Gasteiger partial charge in [-0.15, -0.1) is 0 Å². The van der Waals surface area contributed by atoms with Crippen LogP contribution in [0.25, 0.3) is 0 Å². The number of aryl methyl sites for hydroxylation is 1. The van der Waals surface area contributed by atoms with Crippen LogP contribution in [0.2, 0.25) is 10.0 Å². The fourth-order valence-electron chi connectivity index (χ4n) is 1.63. The molecule has 0 aliphatic carbocycles. The Bertz CT molecular complexity index is 609. The largest absolute Gasteiger partial charge is 0.378 e. The number of aromatic nitrogens is 3. The number of amides is 1. The highest BCUT2D eigenvalue weighted by atomic mass is 35.5. The number of halogens is 2. The zero-order valence-electron chi connectivity index (χ0n) is 10.5. The molecule has 0 spiro atoms. The van der Waals surface area contributed by atoms with E-state index < -0.39 is 12.0 Å². The van der Waals surface area contributed by atoms with Gasteiger partial charge in [0.1, 0.15) is 12.2 Å². The molecule has 0 aliphatic rings. The Kier molecular flexibility index (Phi) is 4.59. The van der Waals surface area contributed by atoms with Crippen molar-refractivity contribution in [3.05, 3.63) is 46.0 Å². The topological polar surface area (TPSA) is 80.0 Å². The molecular formula is C12H12Cl2N4O2. The summed E-state index contributed by atoms with van der Waals surface area (Å²) >= 11 is 11.7. The molecule has 0 saturated heterocycles. The molecule has 106 valence electrons. The summed E-state index contributed by atoms with van der Waals surface area (Å²) < 4.78 is 1.53. The van der Waals surface area contributed by atoms with Gasteiger partial charge in [-0.05, 0) is 23.8 Å². The summed E-state index contributed by atoms with van der Waals surface area (Å²) in [4.78, 5) is 15.8. The molecule has 20 heavy (non-hydrogen) atoms. The summed E-state index contributed by atoms with van der Waals surface area (Å²) in [6.07, 6.45) is 0.0358. The van der Waals surface area contributed by atoms with Crippen LogP contribution >= 0.6 is 23.2 Å². The molecule has 1 unspecified atom stereocenters. The number of aliphatic hydroxyl groups is 1. The van der Waals surface area contributed by atoms with Crippen molar-refractivity contribution in [1.29, 1.82) is 0 Å². The first kappa shape index (κ1) is 14.8. The van der Waals surface area contributed by atoms with Gasteiger partial charge in [-0.25, -0.2) is 4.98 Å². The van der Waals surface area contributed by atoms with Crippen LogP contribution in [0, 0.1) is 0 Å². The Labute approximate surface area is 125 Å². The van der Waals surface area contributed by atoms with Gasteiger partial charge < -0.3 is 10.4 Å². The van der Waals surface area contributed by atoms with Crippen LogP contribution < -0.4 is 5.32 Å². The minimum atomic E-state index is -1.35. The highest BCUT2D eigenvalue weighted by Crippen LogP contribution is 2.23. The highest BCUT2D eigenvalue weighted by molar-refractivity contribution is 6.34. The van der Waals surface area contributed by atoms with Gasteiger partial charge in [0, 0.05) is 17.1 Å². The molecule has 1 amide bonds. The molecule has 8 heteroatoms. The van der Waals surface area contributed by atoms with Gasteiger partial charge >= 0.3 is 0 Å². The molecule has 0 fully saturated rings. The van der Waals surface area contributed by atoms with Crippen LogP contribution in [-0.4, -0.2) is 25.8 Å². The Hall–Kier alpha value is -1.63. The zero-order valence-corrected chi connectivity index (χ0v) is 12.1. The number of hydrogen-bond donors (Lipinski definition) is 2. The highest BCUT2D eigenvalue weighted by Gasteiger charge is 2.18. The van der Waals surface area contributed by atoms with Crippen molar-refractivity contribution in [2.45, 2.75) is 12.6 Å². The summed E-state index contributed by atoms with van der Waals surface area (Å²) in [6, 6.07) is 4.50. The van der Waals surface area contributed by atoms with Gasteiger partial charge in [-0.2, -0.15) is 5.10 Å². The molecule has 0 radical (unpaired) electrons. The van der Waals surface area contributed by atoms with E-state index in [1.807, 2.05) is 0 Å². The summed E-state index contributed by atoms with van der Waals surface area (Å²) in [6.45, 7) is 0.167. The minimum absolute atomic E-state index is 0.167. The first-order chi connectivity index (χ1) is 9.47. The third-order valence-corrected chi connectivity index (χ3v) is 3.11. The normalized spacial score (nSPS) is 12.2. The number of carbonyl (C=O) groups is 1. The number of aliphatic hydroxyl groups excluding tert-OH is 1. The van der Waals surface area contributed by atoms with Crippen LogP contribution in [0.15, 0.2) is 24.5 Å². The Morgan fingerprint density at radius 2 is 2.05 bits per heavy atom. The Morgan fingerprint density at radius 1 is 1.40 bits per heavy atom. The third kappa shape index (κ3) is 3.47. The number of nitrogens with one attached hydrogen (secondary N) is 1. The van der Waals surface area contributed by atoms with Crippen LogP contribution in [0.4, 0.5) is 0 Å². The van der Waals surface area contributed by atoms with E-state index in [1.165, 1.54) is 29.2 Å².